The van der Waals surface area contributed by atoms with Crippen LogP contribution in [-0.2, 0) is 4.79 Å². The van der Waals surface area contributed by atoms with Gasteiger partial charge in [-0.1, -0.05) is 23.2 Å². The fourth-order valence-electron chi connectivity index (χ4n) is 4.06. The largest absolute Gasteiger partial charge is 0.340 e. The van der Waals surface area contributed by atoms with Crippen molar-refractivity contribution in [3.63, 3.8) is 0 Å². The van der Waals surface area contributed by atoms with E-state index in [2.05, 4.69) is 14.9 Å². The first-order valence-corrected chi connectivity index (χ1v) is 10.8. The van der Waals surface area contributed by atoms with Gasteiger partial charge in [-0.15, -0.1) is 0 Å². The number of halogens is 2. The van der Waals surface area contributed by atoms with E-state index >= 15 is 0 Å². The van der Waals surface area contributed by atoms with Crippen molar-refractivity contribution in [1.82, 2.24) is 19.8 Å². The van der Waals surface area contributed by atoms with E-state index in [1.165, 1.54) is 0 Å². The molecule has 2 aliphatic rings. The van der Waals surface area contributed by atoms with Crippen LogP contribution in [-0.4, -0.2) is 70.9 Å². The Morgan fingerprint density at radius 3 is 2.20 bits per heavy atom. The van der Waals surface area contributed by atoms with Gasteiger partial charge in [0.1, 0.15) is 0 Å². The summed E-state index contributed by atoms with van der Waals surface area (Å²) < 4.78 is 0. The van der Waals surface area contributed by atoms with Crippen LogP contribution in [0.25, 0.3) is 0 Å². The number of hydrogen-bond acceptors (Lipinski definition) is 5. The number of nitrogens with zero attached hydrogens (tertiary/aromatic N) is 5. The Morgan fingerprint density at radius 1 is 0.900 bits per heavy atom. The number of rotatable bonds is 3. The number of amides is 2. The zero-order chi connectivity index (χ0) is 21.1. The maximum absolute atomic E-state index is 13.1. The van der Waals surface area contributed by atoms with Crippen LogP contribution in [0.2, 0.25) is 10.0 Å². The predicted molar refractivity (Wildman–Crippen MR) is 116 cm³/mol. The second-order valence-electron chi connectivity index (χ2n) is 7.61. The summed E-state index contributed by atoms with van der Waals surface area (Å²) in [5.41, 5.74) is 0.470. The summed E-state index contributed by atoms with van der Waals surface area (Å²) in [7, 11) is 0. The van der Waals surface area contributed by atoms with Crippen molar-refractivity contribution >= 4 is 41.0 Å². The minimum Gasteiger partial charge on any atom is -0.340 e. The average molecular weight is 448 g/mol. The summed E-state index contributed by atoms with van der Waals surface area (Å²) in [6, 6.07) is 6.63. The van der Waals surface area contributed by atoms with Crippen LogP contribution in [0, 0.1) is 5.92 Å². The van der Waals surface area contributed by atoms with Crippen molar-refractivity contribution in [1.29, 1.82) is 0 Å². The highest BCUT2D eigenvalue weighted by atomic mass is 35.5. The van der Waals surface area contributed by atoms with E-state index in [1.807, 2.05) is 4.90 Å². The number of anilines is 1. The first-order chi connectivity index (χ1) is 14.5. The molecule has 1 aromatic carbocycles. The lowest BCUT2D eigenvalue weighted by Crippen LogP contribution is -2.53. The highest BCUT2D eigenvalue weighted by Gasteiger charge is 2.32. The SMILES string of the molecule is O=C(c1cc(Cl)cc(Cl)c1)N1CCN(C(=O)C2CCCN(c3ncccn3)C2)CC1. The van der Waals surface area contributed by atoms with Crippen molar-refractivity contribution in [2.45, 2.75) is 12.8 Å². The Balaban J connectivity index is 1.34. The molecule has 9 heteroatoms. The summed E-state index contributed by atoms with van der Waals surface area (Å²) >= 11 is 12.0. The molecule has 0 spiro atoms. The molecule has 1 aromatic heterocycles. The maximum atomic E-state index is 13.1. The van der Waals surface area contributed by atoms with Crippen molar-refractivity contribution in [2.75, 3.05) is 44.2 Å². The highest BCUT2D eigenvalue weighted by Crippen LogP contribution is 2.24. The molecular formula is C21H23Cl2N5O2. The summed E-state index contributed by atoms with van der Waals surface area (Å²) in [4.78, 5) is 40.2. The molecule has 7 nitrogen and oxygen atoms in total. The van der Waals surface area contributed by atoms with E-state index in [0.29, 0.717) is 54.3 Å². The van der Waals surface area contributed by atoms with E-state index in [4.69, 9.17) is 23.2 Å². The zero-order valence-electron chi connectivity index (χ0n) is 16.5. The van der Waals surface area contributed by atoms with Crippen molar-refractivity contribution in [3.8, 4) is 0 Å². The lowest BCUT2D eigenvalue weighted by Gasteiger charge is -2.39. The lowest BCUT2D eigenvalue weighted by atomic mass is 9.96. The number of hydrogen-bond donors (Lipinski definition) is 0. The Kier molecular flexibility index (Phi) is 6.39. The fraction of sp³-hybridized carbons (Fsp3) is 0.429. The minimum absolute atomic E-state index is 0.0726. The molecule has 0 aliphatic carbocycles. The third-order valence-corrected chi connectivity index (χ3v) is 6.03. The molecule has 2 amide bonds. The summed E-state index contributed by atoms with van der Waals surface area (Å²) in [6.07, 6.45) is 5.24. The molecule has 0 radical (unpaired) electrons. The normalized spacial score (nSPS) is 19.7. The third-order valence-electron chi connectivity index (χ3n) is 5.59. The second-order valence-corrected chi connectivity index (χ2v) is 8.48. The Labute approximate surface area is 185 Å². The van der Waals surface area contributed by atoms with E-state index in [-0.39, 0.29) is 17.7 Å². The summed E-state index contributed by atoms with van der Waals surface area (Å²) in [6.45, 7) is 3.52. The van der Waals surface area contributed by atoms with Crippen molar-refractivity contribution in [3.05, 3.63) is 52.3 Å². The average Bonchev–Trinajstić information content (AvgIpc) is 2.78. The van der Waals surface area contributed by atoms with Gasteiger partial charge in [0, 0.05) is 67.3 Å². The molecule has 158 valence electrons. The third kappa shape index (κ3) is 4.68. The molecule has 4 rings (SSSR count). The van der Waals surface area contributed by atoms with Gasteiger partial charge in [0.2, 0.25) is 11.9 Å². The van der Waals surface area contributed by atoms with Gasteiger partial charge >= 0.3 is 0 Å². The van der Waals surface area contributed by atoms with Gasteiger partial charge in [-0.3, -0.25) is 9.59 Å². The minimum atomic E-state index is -0.114. The molecule has 2 aliphatic heterocycles. The Morgan fingerprint density at radius 2 is 1.53 bits per heavy atom. The molecule has 2 saturated heterocycles. The molecule has 30 heavy (non-hydrogen) atoms. The van der Waals surface area contributed by atoms with Crippen LogP contribution in [0.15, 0.2) is 36.7 Å². The number of benzene rings is 1. The van der Waals surface area contributed by atoms with Gasteiger partial charge in [0.25, 0.3) is 5.91 Å². The highest BCUT2D eigenvalue weighted by molar-refractivity contribution is 6.35. The van der Waals surface area contributed by atoms with Gasteiger partial charge in [-0.2, -0.15) is 0 Å². The van der Waals surface area contributed by atoms with Gasteiger partial charge in [-0.25, -0.2) is 9.97 Å². The lowest BCUT2D eigenvalue weighted by molar-refractivity contribution is -0.137. The number of carbonyl (C=O) groups excluding carboxylic acids is 2. The van der Waals surface area contributed by atoms with E-state index < -0.39 is 0 Å². The maximum Gasteiger partial charge on any atom is 0.254 e. The van der Waals surface area contributed by atoms with Crippen LogP contribution in [0.1, 0.15) is 23.2 Å². The van der Waals surface area contributed by atoms with E-state index in [1.54, 1.807) is 41.6 Å². The van der Waals surface area contributed by atoms with Crippen LogP contribution >= 0.6 is 23.2 Å². The van der Waals surface area contributed by atoms with Crippen molar-refractivity contribution < 1.29 is 9.59 Å². The zero-order valence-corrected chi connectivity index (χ0v) is 18.0. The van der Waals surface area contributed by atoms with Gasteiger partial charge < -0.3 is 14.7 Å². The molecule has 1 unspecified atom stereocenters. The second kappa shape index (κ2) is 9.18. The molecule has 2 fully saturated rings. The molecule has 0 saturated carbocycles. The van der Waals surface area contributed by atoms with E-state index in [9.17, 15) is 9.59 Å². The van der Waals surface area contributed by atoms with Crippen LogP contribution in [0.3, 0.4) is 0 Å². The monoisotopic (exact) mass is 447 g/mol. The number of piperazine rings is 1. The quantitative estimate of drug-likeness (QED) is 0.722. The predicted octanol–water partition coefficient (Wildman–Crippen LogP) is 2.98. The smallest absolute Gasteiger partial charge is 0.254 e. The number of aromatic nitrogens is 2. The number of piperidine rings is 1. The molecule has 0 N–H and O–H groups in total. The van der Waals surface area contributed by atoms with Gasteiger partial charge in [0.05, 0.1) is 5.92 Å². The fourth-order valence-corrected chi connectivity index (χ4v) is 4.59. The number of carbonyl (C=O) groups is 2. The van der Waals surface area contributed by atoms with Gasteiger partial charge in [0.15, 0.2) is 0 Å². The van der Waals surface area contributed by atoms with E-state index in [0.717, 1.165) is 19.4 Å². The summed E-state index contributed by atoms with van der Waals surface area (Å²) in [5, 5.41) is 0.868. The van der Waals surface area contributed by atoms with Gasteiger partial charge in [-0.05, 0) is 37.1 Å². The molecule has 2 aromatic rings. The Bertz CT molecular complexity index is 899. The molecule has 1 atom stereocenters. The topological polar surface area (TPSA) is 69.6 Å². The van der Waals surface area contributed by atoms with Crippen LogP contribution in [0.4, 0.5) is 5.95 Å². The molecule has 0 bridgehead atoms. The first-order valence-electron chi connectivity index (χ1n) is 10.1. The standard InChI is InChI=1S/C21H23Cl2N5O2/c22-17-11-16(12-18(23)13-17)20(30)27-9-7-26(8-10-27)19(29)15-3-1-6-28(14-15)21-24-4-2-5-25-21/h2,4-5,11-13,15H,1,3,6-10,14H2. The molecular weight excluding hydrogens is 425 g/mol. The Hall–Kier alpha value is -2.38. The van der Waals surface area contributed by atoms with Crippen LogP contribution < -0.4 is 4.90 Å². The molecule has 3 heterocycles. The first kappa shape index (κ1) is 20.9. The van der Waals surface area contributed by atoms with Crippen molar-refractivity contribution in [2.24, 2.45) is 5.92 Å². The summed E-state index contributed by atoms with van der Waals surface area (Å²) in [5.74, 6) is 0.632. The van der Waals surface area contributed by atoms with Crippen LogP contribution in [0.5, 0.6) is 0 Å².